The first kappa shape index (κ1) is 14.4. The van der Waals surface area contributed by atoms with Crippen LogP contribution in [0.4, 0.5) is 0 Å². The van der Waals surface area contributed by atoms with Gasteiger partial charge in [-0.3, -0.25) is 0 Å². The van der Waals surface area contributed by atoms with Crippen LogP contribution in [0.15, 0.2) is 48.5 Å². The molecule has 0 heterocycles. The fourth-order valence-electron chi connectivity index (χ4n) is 2.02. The van der Waals surface area contributed by atoms with E-state index in [1.165, 1.54) is 0 Å². The third-order valence-corrected chi connectivity index (χ3v) is 3.07. The summed E-state index contributed by atoms with van der Waals surface area (Å²) in [6.45, 7) is 4.68. The Morgan fingerprint density at radius 2 is 1.60 bits per heavy atom. The Morgan fingerprint density at radius 1 is 0.950 bits per heavy atom. The van der Waals surface area contributed by atoms with Crippen molar-refractivity contribution < 1.29 is 14.6 Å². The molecule has 0 amide bonds. The van der Waals surface area contributed by atoms with E-state index in [-0.39, 0.29) is 6.61 Å². The normalized spacial score (nSPS) is 11.9. The monoisotopic (exact) mass is 272 g/mol. The number of hydrogen-bond acceptors (Lipinski definition) is 3. The summed E-state index contributed by atoms with van der Waals surface area (Å²) < 4.78 is 11.2. The molecular formula is C17H20O3. The zero-order valence-corrected chi connectivity index (χ0v) is 11.9. The molecule has 0 fully saturated rings. The van der Waals surface area contributed by atoms with Crippen LogP contribution in [0.5, 0.6) is 11.5 Å². The van der Waals surface area contributed by atoms with E-state index in [2.05, 4.69) is 0 Å². The highest BCUT2D eigenvalue weighted by Gasteiger charge is 2.14. The molecule has 1 atom stereocenters. The summed E-state index contributed by atoms with van der Waals surface area (Å²) in [4.78, 5) is 0. The summed E-state index contributed by atoms with van der Waals surface area (Å²) in [6, 6.07) is 15.3. The standard InChI is InChI=1S/C17H20O3/c1-3-19-17-11-7-5-9-14(17)15(18)12-20-16-10-6-4-8-13(16)2/h4-11,15,18H,3,12H2,1-2H3. The van der Waals surface area contributed by atoms with E-state index in [1.807, 2.05) is 62.4 Å². The van der Waals surface area contributed by atoms with Crippen LogP contribution in [0, 0.1) is 6.92 Å². The number of rotatable bonds is 6. The molecule has 3 heteroatoms. The van der Waals surface area contributed by atoms with Gasteiger partial charge in [0.05, 0.1) is 6.61 Å². The predicted molar refractivity (Wildman–Crippen MR) is 79.2 cm³/mol. The van der Waals surface area contributed by atoms with Crippen LogP contribution in [0.25, 0.3) is 0 Å². The molecule has 106 valence electrons. The van der Waals surface area contributed by atoms with Gasteiger partial charge in [0.1, 0.15) is 24.2 Å². The van der Waals surface area contributed by atoms with E-state index in [9.17, 15) is 5.11 Å². The number of para-hydroxylation sites is 2. The van der Waals surface area contributed by atoms with Gasteiger partial charge in [-0.25, -0.2) is 0 Å². The van der Waals surface area contributed by atoms with Crippen molar-refractivity contribution in [3.05, 3.63) is 59.7 Å². The van der Waals surface area contributed by atoms with Crippen molar-refractivity contribution in [3.63, 3.8) is 0 Å². The molecule has 0 spiro atoms. The Morgan fingerprint density at radius 3 is 2.30 bits per heavy atom. The lowest BCUT2D eigenvalue weighted by atomic mass is 10.1. The van der Waals surface area contributed by atoms with E-state index in [0.29, 0.717) is 12.4 Å². The highest BCUT2D eigenvalue weighted by atomic mass is 16.5. The summed E-state index contributed by atoms with van der Waals surface area (Å²) in [5.74, 6) is 1.50. The smallest absolute Gasteiger partial charge is 0.125 e. The van der Waals surface area contributed by atoms with Gasteiger partial charge in [-0.15, -0.1) is 0 Å². The molecule has 20 heavy (non-hydrogen) atoms. The van der Waals surface area contributed by atoms with E-state index >= 15 is 0 Å². The van der Waals surface area contributed by atoms with Crippen LogP contribution in [0.3, 0.4) is 0 Å². The number of aliphatic hydroxyl groups excluding tert-OH is 1. The third kappa shape index (κ3) is 3.52. The van der Waals surface area contributed by atoms with E-state index in [4.69, 9.17) is 9.47 Å². The van der Waals surface area contributed by atoms with Gasteiger partial charge < -0.3 is 14.6 Å². The maximum Gasteiger partial charge on any atom is 0.125 e. The molecule has 0 radical (unpaired) electrons. The molecule has 1 N–H and O–H groups in total. The van der Waals surface area contributed by atoms with Crippen LogP contribution >= 0.6 is 0 Å². The predicted octanol–water partition coefficient (Wildman–Crippen LogP) is 3.51. The second-order valence-corrected chi connectivity index (χ2v) is 4.56. The topological polar surface area (TPSA) is 38.7 Å². The molecule has 0 aliphatic carbocycles. The first-order chi connectivity index (χ1) is 9.72. The zero-order chi connectivity index (χ0) is 14.4. The van der Waals surface area contributed by atoms with Crippen LogP contribution in [-0.2, 0) is 0 Å². The number of aryl methyl sites for hydroxylation is 1. The summed E-state index contributed by atoms with van der Waals surface area (Å²) in [5.41, 5.74) is 1.81. The lowest BCUT2D eigenvalue weighted by Crippen LogP contribution is -2.11. The molecular weight excluding hydrogens is 252 g/mol. The Hall–Kier alpha value is -2.00. The number of ether oxygens (including phenoxy) is 2. The first-order valence-electron chi connectivity index (χ1n) is 6.80. The molecule has 2 rings (SSSR count). The van der Waals surface area contributed by atoms with Crippen LogP contribution in [0.1, 0.15) is 24.2 Å². The minimum absolute atomic E-state index is 0.203. The highest BCUT2D eigenvalue weighted by Crippen LogP contribution is 2.26. The van der Waals surface area contributed by atoms with Gasteiger partial charge in [-0.2, -0.15) is 0 Å². The lowest BCUT2D eigenvalue weighted by molar-refractivity contribution is 0.104. The van der Waals surface area contributed by atoms with Gasteiger partial charge in [0.15, 0.2) is 0 Å². The van der Waals surface area contributed by atoms with Crippen LogP contribution in [0.2, 0.25) is 0 Å². The molecule has 0 aliphatic rings. The molecule has 0 aromatic heterocycles. The molecule has 3 nitrogen and oxygen atoms in total. The first-order valence-corrected chi connectivity index (χ1v) is 6.80. The zero-order valence-electron chi connectivity index (χ0n) is 11.9. The largest absolute Gasteiger partial charge is 0.493 e. The molecule has 0 aliphatic heterocycles. The van der Waals surface area contributed by atoms with Crippen molar-refractivity contribution in [3.8, 4) is 11.5 Å². The summed E-state index contributed by atoms with van der Waals surface area (Å²) in [6.07, 6.45) is -0.711. The SMILES string of the molecule is CCOc1ccccc1C(O)COc1ccccc1C. The van der Waals surface area contributed by atoms with Crippen molar-refractivity contribution >= 4 is 0 Å². The number of aliphatic hydroxyl groups is 1. The molecule has 0 saturated heterocycles. The van der Waals surface area contributed by atoms with Crippen LogP contribution in [-0.4, -0.2) is 18.3 Å². The Balaban J connectivity index is 2.05. The summed E-state index contributed by atoms with van der Waals surface area (Å²) >= 11 is 0. The van der Waals surface area contributed by atoms with E-state index in [0.717, 1.165) is 16.9 Å². The third-order valence-electron chi connectivity index (χ3n) is 3.07. The Kier molecular flexibility index (Phi) is 5.02. The fourth-order valence-corrected chi connectivity index (χ4v) is 2.02. The molecule has 1 unspecified atom stereocenters. The maximum atomic E-state index is 10.3. The number of hydrogen-bond donors (Lipinski definition) is 1. The van der Waals surface area contributed by atoms with Crippen molar-refractivity contribution in [2.75, 3.05) is 13.2 Å². The second-order valence-electron chi connectivity index (χ2n) is 4.56. The quantitative estimate of drug-likeness (QED) is 0.874. The minimum Gasteiger partial charge on any atom is -0.493 e. The minimum atomic E-state index is -0.711. The van der Waals surface area contributed by atoms with Gasteiger partial charge in [0.2, 0.25) is 0 Å². The van der Waals surface area contributed by atoms with Gasteiger partial charge in [-0.1, -0.05) is 36.4 Å². The fraction of sp³-hybridized carbons (Fsp3) is 0.294. The van der Waals surface area contributed by atoms with Crippen molar-refractivity contribution in [2.45, 2.75) is 20.0 Å². The molecule has 2 aromatic carbocycles. The van der Waals surface area contributed by atoms with Gasteiger partial charge in [0, 0.05) is 5.56 Å². The molecule has 0 bridgehead atoms. The molecule has 0 saturated carbocycles. The highest BCUT2D eigenvalue weighted by molar-refractivity contribution is 5.36. The lowest BCUT2D eigenvalue weighted by Gasteiger charge is -2.17. The van der Waals surface area contributed by atoms with Crippen molar-refractivity contribution in [1.82, 2.24) is 0 Å². The average Bonchev–Trinajstić information content (AvgIpc) is 2.47. The average molecular weight is 272 g/mol. The number of benzene rings is 2. The van der Waals surface area contributed by atoms with Gasteiger partial charge in [0.25, 0.3) is 0 Å². The van der Waals surface area contributed by atoms with E-state index < -0.39 is 6.10 Å². The summed E-state index contributed by atoms with van der Waals surface area (Å²) in [5, 5.41) is 10.3. The summed E-state index contributed by atoms with van der Waals surface area (Å²) in [7, 11) is 0. The Labute approximate surface area is 119 Å². The van der Waals surface area contributed by atoms with Crippen molar-refractivity contribution in [1.29, 1.82) is 0 Å². The Bertz CT molecular complexity index is 551. The maximum absolute atomic E-state index is 10.3. The van der Waals surface area contributed by atoms with Crippen molar-refractivity contribution in [2.24, 2.45) is 0 Å². The van der Waals surface area contributed by atoms with Gasteiger partial charge in [-0.05, 0) is 31.5 Å². The second kappa shape index (κ2) is 6.96. The van der Waals surface area contributed by atoms with Crippen LogP contribution < -0.4 is 9.47 Å². The molecule has 2 aromatic rings. The van der Waals surface area contributed by atoms with Gasteiger partial charge >= 0.3 is 0 Å². The van der Waals surface area contributed by atoms with E-state index in [1.54, 1.807) is 0 Å².